The molecule has 0 saturated carbocycles. The molecule has 3 N–H and O–H groups in total. The highest BCUT2D eigenvalue weighted by molar-refractivity contribution is 5.84. The summed E-state index contributed by atoms with van der Waals surface area (Å²) in [5.41, 5.74) is -2.38. The largest absolute Gasteiger partial charge is 0.481 e. The van der Waals surface area contributed by atoms with E-state index in [1.807, 2.05) is 53.7 Å². The van der Waals surface area contributed by atoms with Crippen molar-refractivity contribution < 1.29 is 53.3 Å². The van der Waals surface area contributed by atoms with E-state index in [9.17, 15) is 24.9 Å². The molecule has 0 aliphatic carbocycles. The van der Waals surface area contributed by atoms with Gasteiger partial charge in [0.25, 0.3) is 0 Å². The number of aliphatic hydroxyl groups is 2. The molecule has 5 heterocycles. The standard InChI is InChI=1S/C44H74O11/c1-13-31(36(46)28(7)35(45)29(8)37-25(4)16-19-40(10,52-37)32(14-2)39(47)48)38-26(5)24-27(6)43(53-38)21-18-34(50-12)44(55-43)23-22-41(11,54-44)33-17-20-42(49,15-3)30(9)51-33/h18,21,25-35,37-38,45,49H,13-17,19-20,22-24H2,1-12H3,(H,47,48)/t25-,26-,27+,28?,29-,30-,31-,32-,33+,34?,35+,37+,38-,40+,41-,42+,43-,44-/m0/s1. The average Bonchev–Trinajstić information content (AvgIpc) is 3.48. The van der Waals surface area contributed by atoms with Crippen LogP contribution in [0.4, 0.5) is 0 Å². The lowest BCUT2D eigenvalue weighted by Crippen LogP contribution is -2.63. The van der Waals surface area contributed by atoms with Crippen LogP contribution in [0.15, 0.2) is 12.2 Å². The molecule has 5 aliphatic rings. The Bertz CT molecular complexity index is 1390. The predicted molar refractivity (Wildman–Crippen MR) is 208 cm³/mol. The number of aliphatic hydroxyl groups excluding tert-OH is 1. The molecule has 11 nitrogen and oxygen atoms in total. The van der Waals surface area contributed by atoms with Crippen molar-refractivity contribution in [2.24, 2.45) is 41.4 Å². The number of carbonyl (C=O) groups excluding carboxylic acids is 1. The van der Waals surface area contributed by atoms with Crippen LogP contribution in [0.5, 0.6) is 0 Å². The maximum absolute atomic E-state index is 14.6. The number of rotatable bonds is 13. The number of methoxy groups -OCH3 is 1. The summed E-state index contributed by atoms with van der Waals surface area (Å²) in [5.74, 6) is -5.42. The van der Waals surface area contributed by atoms with Gasteiger partial charge < -0.3 is 43.7 Å². The molecular weight excluding hydrogens is 704 g/mol. The van der Waals surface area contributed by atoms with Gasteiger partial charge >= 0.3 is 5.97 Å². The molecule has 11 heteroatoms. The average molecular weight is 779 g/mol. The number of ether oxygens (including phenoxy) is 6. The lowest BCUT2D eigenvalue weighted by Gasteiger charge is -2.54. The molecule has 4 saturated heterocycles. The van der Waals surface area contributed by atoms with E-state index in [1.54, 1.807) is 14.0 Å². The molecule has 2 unspecified atom stereocenters. The first-order chi connectivity index (χ1) is 25.7. The number of Topliss-reactive ketones (excluding diaryl/α,β-unsaturated/α-hetero) is 1. The van der Waals surface area contributed by atoms with Crippen molar-refractivity contribution in [3.05, 3.63) is 12.2 Å². The van der Waals surface area contributed by atoms with Crippen LogP contribution in [-0.4, -0.2) is 99.2 Å². The van der Waals surface area contributed by atoms with E-state index in [2.05, 4.69) is 27.7 Å². The number of hydrogen-bond donors (Lipinski definition) is 3. The van der Waals surface area contributed by atoms with Gasteiger partial charge in [0.1, 0.15) is 11.9 Å². The van der Waals surface area contributed by atoms with Crippen LogP contribution in [-0.2, 0) is 38.0 Å². The highest BCUT2D eigenvalue weighted by Crippen LogP contribution is 2.54. The van der Waals surface area contributed by atoms with Gasteiger partial charge in [0.15, 0.2) is 5.79 Å². The minimum absolute atomic E-state index is 0.0398. The quantitative estimate of drug-likeness (QED) is 0.163. The zero-order valence-electron chi connectivity index (χ0n) is 35.8. The minimum Gasteiger partial charge on any atom is -0.481 e. The lowest BCUT2D eigenvalue weighted by atomic mass is 9.71. The van der Waals surface area contributed by atoms with Crippen molar-refractivity contribution in [1.82, 2.24) is 0 Å². The number of carboxylic acids is 1. The number of ketones is 1. The van der Waals surface area contributed by atoms with Gasteiger partial charge in [-0.3, -0.25) is 9.59 Å². The van der Waals surface area contributed by atoms with E-state index < -0.39 is 82.4 Å². The van der Waals surface area contributed by atoms with Crippen LogP contribution in [0.1, 0.15) is 140 Å². The van der Waals surface area contributed by atoms with Gasteiger partial charge in [-0.1, -0.05) is 55.4 Å². The normalized spacial score (nSPS) is 46.3. The van der Waals surface area contributed by atoms with E-state index in [4.69, 9.17) is 28.4 Å². The van der Waals surface area contributed by atoms with Crippen molar-refractivity contribution in [2.45, 2.75) is 205 Å². The summed E-state index contributed by atoms with van der Waals surface area (Å²) in [6, 6.07) is 0. The minimum atomic E-state index is -1.17. The number of aliphatic carboxylic acids is 1. The zero-order valence-corrected chi connectivity index (χ0v) is 35.8. The summed E-state index contributed by atoms with van der Waals surface area (Å²) in [5, 5.41) is 32.9. The molecule has 0 aromatic carbocycles. The van der Waals surface area contributed by atoms with Crippen molar-refractivity contribution in [2.75, 3.05) is 7.11 Å². The Morgan fingerprint density at radius 3 is 2.18 bits per heavy atom. The predicted octanol–water partition coefficient (Wildman–Crippen LogP) is 7.23. The molecule has 4 fully saturated rings. The van der Waals surface area contributed by atoms with Gasteiger partial charge in [-0.2, -0.15) is 0 Å². The number of hydrogen-bond acceptors (Lipinski definition) is 10. The van der Waals surface area contributed by atoms with Crippen LogP contribution < -0.4 is 0 Å². The Hall–Kier alpha value is -1.44. The first-order valence-electron chi connectivity index (χ1n) is 21.5. The fraction of sp³-hybridized carbons (Fsp3) is 0.909. The van der Waals surface area contributed by atoms with E-state index >= 15 is 0 Å². The SMILES string of the molecule is CC[C@@H](C(=O)C(C)[C@@H](O)[C@H](C)[C@@H]1O[C@@](C)([C@@H](CC)C(=O)O)CC[C@@H]1C)[C@H]1O[C@]2(C=CC(OC)[C@]3(CC[C@@](C)([C@H]4CC[C@](O)(CC)[C@H](C)O4)O3)O2)[C@H](C)C[C@@H]1C. The van der Waals surface area contributed by atoms with Gasteiger partial charge in [0.2, 0.25) is 5.79 Å². The van der Waals surface area contributed by atoms with Crippen LogP contribution in [0.25, 0.3) is 0 Å². The molecule has 5 rings (SSSR count). The van der Waals surface area contributed by atoms with Crippen molar-refractivity contribution in [3.63, 3.8) is 0 Å². The molecule has 0 bridgehead atoms. The molecule has 2 spiro atoms. The summed E-state index contributed by atoms with van der Waals surface area (Å²) < 4.78 is 40.3. The summed E-state index contributed by atoms with van der Waals surface area (Å²) in [6.45, 7) is 21.8. The molecule has 55 heavy (non-hydrogen) atoms. The number of carbonyl (C=O) groups is 2. The fourth-order valence-electron chi connectivity index (χ4n) is 11.1. The van der Waals surface area contributed by atoms with Gasteiger partial charge in [0.05, 0.1) is 53.2 Å². The third kappa shape index (κ3) is 8.13. The second kappa shape index (κ2) is 16.7. The zero-order chi connectivity index (χ0) is 40.9. The second-order valence-corrected chi connectivity index (χ2v) is 18.8. The van der Waals surface area contributed by atoms with Crippen LogP contribution in [0.3, 0.4) is 0 Å². The van der Waals surface area contributed by atoms with E-state index in [0.29, 0.717) is 51.4 Å². The van der Waals surface area contributed by atoms with Crippen molar-refractivity contribution >= 4 is 11.8 Å². The fourth-order valence-corrected chi connectivity index (χ4v) is 11.1. The van der Waals surface area contributed by atoms with Crippen LogP contribution >= 0.6 is 0 Å². The van der Waals surface area contributed by atoms with Gasteiger partial charge in [-0.25, -0.2) is 0 Å². The van der Waals surface area contributed by atoms with Gasteiger partial charge in [-0.15, -0.1) is 0 Å². The Kier molecular flexibility index (Phi) is 13.5. The summed E-state index contributed by atoms with van der Waals surface area (Å²) in [4.78, 5) is 26.7. The monoisotopic (exact) mass is 779 g/mol. The molecular formula is C44H74O11. The summed E-state index contributed by atoms with van der Waals surface area (Å²) in [7, 11) is 1.65. The Labute approximate surface area is 330 Å². The van der Waals surface area contributed by atoms with Crippen LogP contribution in [0.2, 0.25) is 0 Å². The Balaban J connectivity index is 1.34. The van der Waals surface area contributed by atoms with Crippen molar-refractivity contribution in [3.8, 4) is 0 Å². The maximum Gasteiger partial charge on any atom is 0.309 e. The lowest BCUT2D eigenvalue weighted by molar-refractivity contribution is -0.410. The van der Waals surface area contributed by atoms with Gasteiger partial charge in [-0.05, 0) is 103 Å². The molecule has 0 amide bonds. The highest BCUT2D eigenvalue weighted by atomic mass is 16.8. The molecule has 18 atom stereocenters. The third-order valence-electron chi connectivity index (χ3n) is 15.2. The molecule has 0 radical (unpaired) electrons. The van der Waals surface area contributed by atoms with E-state index in [0.717, 1.165) is 12.8 Å². The summed E-state index contributed by atoms with van der Waals surface area (Å²) >= 11 is 0. The molecule has 0 aromatic rings. The second-order valence-electron chi connectivity index (χ2n) is 18.8. The van der Waals surface area contributed by atoms with Crippen molar-refractivity contribution in [1.29, 1.82) is 0 Å². The topological polar surface area (TPSA) is 150 Å². The third-order valence-corrected chi connectivity index (χ3v) is 15.2. The van der Waals surface area contributed by atoms with Gasteiger partial charge in [0, 0.05) is 37.2 Å². The highest BCUT2D eigenvalue weighted by Gasteiger charge is 2.63. The van der Waals surface area contributed by atoms with E-state index in [1.165, 1.54) is 0 Å². The Morgan fingerprint density at radius 2 is 1.60 bits per heavy atom. The smallest absolute Gasteiger partial charge is 0.309 e. The maximum atomic E-state index is 14.6. The van der Waals surface area contributed by atoms with E-state index in [-0.39, 0.29) is 35.7 Å². The van der Waals surface area contributed by atoms with Crippen LogP contribution in [0, 0.1) is 41.4 Å². The molecule has 5 aliphatic heterocycles. The molecule has 0 aromatic heterocycles. The molecule has 316 valence electrons. The first kappa shape index (κ1) is 44.7. The first-order valence-corrected chi connectivity index (χ1v) is 21.5. The summed E-state index contributed by atoms with van der Waals surface area (Å²) in [6.07, 6.45) is 7.33. The Morgan fingerprint density at radius 1 is 0.909 bits per heavy atom. The number of carboxylic acid groups (broad SMARTS) is 1.